The highest BCUT2D eigenvalue weighted by Crippen LogP contribution is 2.25. The lowest BCUT2D eigenvalue weighted by Crippen LogP contribution is -1.84. The van der Waals surface area contributed by atoms with Gasteiger partial charge in [-0.2, -0.15) is 0 Å². The van der Waals surface area contributed by atoms with Gasteiger partial charge in [0.15, 0.2) is 0 Å². The van der Waals surface area contributed by atoms with Gasteiger partial charge < -0.3 is 9.97 Å². The third-order valence-electron chi connectivity index (χ3n) is 4.62. The number of rotatable bonds is 4. The summed E-state index contributed by atoms with van der Waals surface area (Å²) in [7, 11) is 0. The van der Waals surface area contributed by atoms with E-state index in [0.717, 1.165) is 12.8 Å². The molecule has 0 amide bonds. The zero-order valence-electron chi connectivity index (χ0n) is 13.8. The maximum absolute atomic E-state index is 3.52. The molecule has 2 aromatic carbocycles. The minimum absolute atomic E-state index is 0.964. The molecule has 0 unspecified atom stereocenters. The van der Waals surface area contributed by atoms with Gasteiger partial charge in [0.05, 0.1) is 0 Å². The van der Waals surface area contributed by atoms with Crippen molar-refractivity contribution in [2.45, 2.75) is 12.8 Å². The molecule has 3 heteroatoms. The maximum atomic E-state index is 3.52. The third kappa shape index (κ3) is 2.87. The number of hydrogen-bond donors (Lipinski definition) is 2. The summed E-state index contributed by atoms with van der Waals surface area (Å²) < 4.78 is 0. The second-order valence-corrected chi connectivity index (χ2v) is 7.74. The molecular formula is C22H18N2S. The third-order valence-corrected chi connectivity index (χ3v) is 5.70. The Morgan fingerprint density at radius 1 is 0.600 bits per heavy atom. The summed E-state index contributed by atoms with van der Waals surface area (Å²) in [4.78, 5) is 9.84. The number of H-pyrrole nitrogens is 2. The molecule has 2 N–H and O–H groups in total. The fraction of sp³-hybridized carbons (Fsp3) is 0.0909. The molecule has 25 heavy (non-hydrogen) atoms. The molecular weight excluding hydrogens is 324 g/mol. The van der Waals surface area contributed by atoms with Gasteiger partial charge in [-0.25, -0.2) is 0 Å². The molecule has 3 heterocycles. The minimum atomic E-state index is 0.964. The Kier molecular flexibility index (Phi) is 3.46. The first kappa shape index (κ1) is 14.6. The van der Waals surface area contributed by atoms with Crippen LogP contribution in [-0.2, 0) is 12.8 Å². The van der Waals surface area contributed by atoms with Crippen LogP contribution >= 0.6 is 11.3 Å². The second kappa shape index (κ2) is 5.94. The molecule has 0 fully saturated rings. The summed E-state index contributed by atoms with van der Waals surface area (Å²) >= 11 is 1.90. The minimum Gasteiger partial charge on any atom is -0.358 e. The summed E-state index contributed by atoms with van der Waals surface area (Å²) in [6.45, 7) is 0. The lowest BCUT2D eigenvalue weighted by atomic mass is 10.2. The van der Waals surface area contributed by atoms with Gasteiger partial charge in [0.2, 0.25) is 0 Å². The van der Waals surface area contributed by atoms with Crippen molar-refractivity contribution in [3.63, 3.8) is 0 Å². The van der Waals surface area contributed by atoms with Crippen LogP contribution in [0.1, 0.15) is 21.1 Å². The number of thiophene rings is 1. The number of benzene rings is 2. The first-order chi connectivity index (χ1) is 12.3. The molecule has 5 aromatic rings. The Bertz CT molecular complexity index is 1000. The summed E-state index contributed by atoms with van der Waals surface area (Å²) in [5, 5.41) is 2.57. The molecule has 3 aromatic heterocycles. The van der Waals surface area contributed by atoms with Crippen molar-refractivity contribution < 1.29 is 0 Å². The zero-order chi connectivity index (χ0) is 16.6. The molecule has 0 spiro atoms. The van der Waals surface area contributed by atoms with Gasteiger partial charge in [-0.05, 0) is 47.2 Å². The first-order valence-corrected chi connectivity index (χ1v) is 9.36. The molecule has 122 valence electrons. The topological polar surface area (TPSA) is 31.6 Å². The largest absolute Gasteiger partial charge is 0.358 e. The van der Waals surface area contributed by atoms with Crippen molar-refractivity contribution in [3.8, 4) is 0 Å². The normalized spacial score (nSPS) is 11.5. The molecule has 0 aliphatic rings. The van der Waals surface area contributed by atoms with E-state index in [9.17, 15) is 0 Å². The van der Waals surface area contributed by atoms with Crippen LogP contribution in [-0.4, -0.2) is 9.97 Å². The van der Waals surface area contributed by atoms with Gasteiger partial charge >= 0.3 is 0 Å². The van der Waals surface area contributed by atoms with Crippen LogP contribution < -0.4 is 0 Å². The average Bonchev–Trinajstić information content (AvgIpc) is 3.32. The Morgan fingerprint density at radius 2 is 1.08 bits per heavy atom. The smallest absolute Gasteiger partial charge is 0.0456 e. The molecule has 0 atom stereocenters. The van der Waals surface area contributed by atoms with E-state index in [4.69, 9.17) is 0 Å². The predicted molar refractivity (Wildman–Crippen MR) is 107 cm³/mol. The molecule has 0 radical (unpaired) electrons. The first-order valence-electron chi connectivity index (χ1n) is 8.54. The highest BCUT2D eigenvalue weighted by Gasteiger charge is 2.07. The number of hydrogen-bond acceptors (Lipinski definition) is 1. The molecule has 0 bridgehead atoms. The van der Waals surface area contributed by atoms with E-state index in [2.05, 4.69) is 82.8 Å². The Balaban J connectivity index is 1.35. The van der Waals surface area contributed by atoms with E-state index in [0.29, 0.717) is 0 Å². The van der Waals surface area contributed by atoms with Gasteiger partial charge in [-0.15, -0.1) is 11.3 Å². The quantitative estimate of drug-likeness (QED) is 0.408. The lowest BCUT2D eigenvalue weighted by molar-refractivity contribution is 1.15. The molecule has 0 saturated heterocycles. The summed E-state index contributed by atoms with van der Waals surface area (Å²) in [6.07, 6.45) is 1.93. The van der Waals surface area contributed by atoms with Gasteiger partial charge in [0.25, 0.3) is 0 Å². The van der Waals surface area contributed by atoms with E-state index in [1.54, 1.807) is 0 Å². The van der Waals surface area contributed by atoms with Crippen molar-refractivity contribution in [3.05, 3.63) is 93.9 Å². The van der Waals surface area contributed by atoms with Crippen LogP contribution in [0.4, 0.5) is 0 Å². The zero-order valence-corrected chi connectivity index (χ0v) is 14.6. The van der Waals surface area contributed by atoms with E-state index >= 15 is 0 Å². The number of para-hydroxylation sites is 2. The molecule has 5 rings (SSSR count). The van der Waals surface area contributed by atoms with Crippen molar-refractivity contribution in [1.82, 2.24) is 9.97 Å². The highest BCUT2D eigenvalue weighted by atomic mass is 32.1. The summed E-state index contributed by atoms with van der Waals surface area (Å²) in [6, 6.07) is 25.9. The molecule has 2 nitrogen and oxygen atoms in total. The molecule has 0 aliphatic carbocycles. The van der Waals surface area contributed by atoms with E-state index < -0.39 is 0 Å². The van der Waals surface area contributed by atoms with Crippen LogP contribution in [0.5, 0.6) is 0 Å². The highest BCUT2D eigenvalue weighted by molar-refractivity contribution is 7.12. The Labute approximate surface area is 150 Å². The standard InChI is InChI=1S/C22H18N2S/c1-3-7-21-15(5-1)11-17(23-21)13-19-9-10-20(25-19)14-18-12-16-6-2-4-8-22(16)24-18/h1-12,23-24H,13-14H2. The SMILES string of the molecule is c1ccc2[nH]c(Cc3ccc(Cc4cc5ccccc5[nH]4)s3)cc2c1. The number of aromatic nitrogens is 2. The van der Waals surface area contributed by atoms with Crippen LogP contribution in [0, 0.1) is 0 Å². The Hall–Kier alpha value is -2.78. The van der Waals surface area contributed by atoms with Crippen molar-refractivity contribution in [1.29, 1.82) is 0 Å². The van der Waals surface area contributed by atoms with Gasteiger partial charge in [0, 0.05) is 45.0 Å². The maximum Gasteiger partial charge on any atom is 0.0456 e. The van der Waals surface area contributed by atoms with Gasteiger partial charge in [0.1, 0.15) is 0 Å². The average molecular weight is 342 g/mol. The number of fused-ring (bicyclic) bond motifs is 2. The van der Waals surface area contributed by atoms with Crippen molar-refractivity contribution in [2.75, 3.05) is 0 Å². The van der Waals surface area contributed by atoms with Crippen LogP contribution in [0.3, 0.4) is 0 Å². The number of nitrogens with one attached hydrogen (secondary N) is 2. The van der Waals surface area contributed by atoms with Gasteiger partial charge in [-0.1, -0.05) is 36.4 Å². The fourth-order valence-corrected chi connectivity index (χ4v) is 4.51. The summed E-state index contributed by atoms with van der Waals surface area (Å²) in [5.74, 6) is 0. The van der Waals surface area contributed by atoms with E-state index in [1.807, 2.05) is 11.3 Å². The van der Waals surface area contributed by atoms with E-state index in [-0.39, 0.29) is 0 Å². The van der Waals surface area contributed by atoms with Crippen molar-refractivity contribution >= 4 is 33.1 Å². The molecule has 0 saturated carbocycles. The second-order valence-electron chi connectivity index (χ2n) is 6.49. The van der Waals surface area contributed by atoms with Crippen molar-refractivity contribution in [2.24, 2.45) is 0 Å². The van der Waals surface area contributed by atoms with Crippen LogP contribution in [0.2, 0.25) is 0 Å². The lowest BCUT2D eigenvalue weighted by Gasteiger charge is -1.95. The number of aromatic amines is 2. The van der Waals surface area contributed by atoms with Crippen LogP contribution in [0.15, 0.2) is 72.8 Å². The summed E-state index contributed by atoms with van der Waals surface area (Å²) in [5.41, 5.74) is 4.99. The molecule has 0 aliphatic heterocycles. The van der Waals surface area contributed by atoms with Gasteiger partial charge in [-0.3, -0.25) is 0 Å². The predicted octanol–water partition coefficient (Wildman–Crippen LogP) is 5.89. The monoisotopic (exact) mass is 342 g/mol. The van der Waals surface area contributed by atoms with Crippen LogP contribution in [0.25, 0.3) is 21.8 Å². The van der Waals surface area contributed by atoms with E-state index in [1.165, 1.54) is 42.9 Å². The fourth-order valence-electron chi connectivity index (χ4n) is 3.45. The Morgan fingerprint density at radius 3 is 1.56 bits per heavy atom.